The molecule has 0 aromatic rings. The topological polar surface area (TPSA) is 74.7 Å². The number of unbranched alkanes of at least 4 members (excludes halogenated alkanes) is 7. The molecule has 22 heavy (non-hydrogen) atoms. The minimum Gasteiger partial charge on any atom is -0.395 e. The number of imide groups is 1. The first-order chi connectivity index (χ1) is 10.6. The monoisotopic (exact) mass is 331 g/mol. The zero-order valence-corrected chi connectivity index (χ0v) is 14.4. The van der Waals surface area contributed by atoms with Gasteiger partial charge < -0.3 is 5.11 Å². The van der Waals surface area contributed by atoms with Crippen LogP contribution in [0.25, 0.3) is 0 Å². The van der Waals surface area contributed by atoms with Crippen LogP contribution in [-0.4, -0.2) is 50.2 Å². The third-order valence-electron chi connectivity index (χ3n) is 4.05. The second-order valence-corrected chi connectivity index (χ2v) is 7.60. The van der Waals surface area contributed by atoms with E-state index in [1.54, 1.807) is 0 Å². The fourth-order valence-electron chi connectivity index (χ4n) is 2.73. The Morgan fingerprint density at radius 3 is 2.27 bits per heavy atom. The predicted octanol–water partition coefficient (Wildman–Crippen LogP) is 2.00. The van der Waals surface area contributed by atoms with E-state index in [1.165, 1.54) is 37.0 Å². The molecule has 6 heteroatoms. The molecule has 1 aliphatic heterocycles. The molecule has 0 saturated carbocycles. The summed E-state index contributed by atoms with van der Waals surface area (Å²) in [6, 6.07) is 0. The van der Waals surface area contributed by atoms with Gasteiger partial charge in [0, 0.05) is 23.1 Å². The van der Waals surface area contributed by atoms with Crippen molar-refractivity contribution in [2.75, 3.05) is 18.9 Å². The molecular weight excluding hydrogens is 302 g/mol. The van der Waals surface area contributed by atoms with Crippen LogP contribution in [0.2, 0.25) is 0 Å². The first-order valence-corrected chi connectivity index (χ1v) is 9.82. The minimum atomic E-state index is -1.44. The molecule has 1 rings (SSSR count). The highest BCUT2D eigenvalue weighted by molar-refractivity contribution is 7.86. The van der Waals surface area contributed by atoms with Crippen molar-refractivity contribution in [3.05, 3.63) is 0 Å². The molecule has 1 saturated heterocycles. The van der Waals surface area contributed by atoms with Crippen molar-refractivity contribution in [1.82, 2.24) is 4.90 Å². The zero-order valence-electron chi connectivity index (χ0n) is 13.6. The van der Waals surface area contributed by atoms with Crippen LogP contribution in [0.4, 0.5) is 0 Å². The van der Waals surface area contributed by atoms with Gasteiger partial charge in [-0.25, -0.2) is 0 Å². The summed E-state index contributed by atoms with van der Waals surface area (Å²) in [7, 11) is -1.44. The van der Waals surface area contributed by atoms with Crippen molar-refractivity contribution in [1.29, 1.82) is 0 Å². The summed E-state index contributed by atoms with van der Waals surface area (Å²) in [5.74, 6) is -0.473. The van der Waals surface area contributed by atoms with E-state index >= 15 is 0 Å². The molecule has 0 bridgehead atoms. The molecule has 5 nitrogen and oxygen atoms in total. The number of aliphatic hydroxyl groups is 1. The molecule has 1 aliphatic rings. The number of nitrogens with zero attached hydrogens (tertiary/aromatic N) is 1. The molecule has 0 aliphatic carbocycles. The van der Waals surface area contributed by atoms with Gasteiger partial charge >= 0.3 is 0 Å². The Balaban J connectivity index is 2.21. The fraction of sp³-hybridized carbons (Fsp3) is 0.875. The van der Waals surface area contributed by atoms with Crippen LogP contribution >= 0.6 is 0 Å². The number of hydrogen-bond acceptors (Lipinski definition) is 4. The van der Waals surface area contributed by atoms with Gasteiger partial charge in [0.15, 0.2) is 0 Å². The third kappa shape index (κ3) is 6.16. The fourth-order valence-corrected chi connectivity index (χ4v) is 3.87. The Bertz CT molecular complexity index is 386. The summed E-state index contributed by atoms with van der Waals surface area (Å²) >= 11 is 0. The van der Waals surface area contributed by atoms with Crippen LogP contribution in [0, 0.1) is 0 Å². The standard InChI is InChI=1S/C16H29NO4S/c1-2-3-4-5-6-7-8-9-10-17-15(19)13-14(16(17)20)22(21)12-11-18/h14,18H,2-13H2,1H3. The number of carbonyl (C=O) groups is 2. The SMILES string of the molecule is CCCCCCCCCCN1C(=O)CC(S(=O)CCO)C1=O. The molecule has 0 aromatic heterocycles. The molecule has 2 atom stereocenters. The van der Waals surface area contributed by atoms with Gasteiger partial charge in [0.25, 0.3) is 0 Å². The second-order valence-electron chi connectivity index (χ2n) is 5.86. The second kappa shape index (κ2) is 10.9. The lowest BCUT2D eigenvalue weighted by Gasteiger charge is -2.14. The van der Waals surface area contributed by atoms with E-state index in [1.807, 2.05) is 0 Å². The average molecular weight is 331 g/mol. The number of hydrogen-bond donors (Lipinski definition) is 1. The van der Waals surface area contributed by atoms with Crippen LogP contribution in [0.3, 0.4) is 0 Å². The first kappa shape index (κ1) is 19.3. The van der Waals surface area contributed by atoms with Gasteiger partial charge in [-0.2, -0.15) is 0 Å². The van der Waals surface area contributed by atoms with Gasteiger partial charge in [-0.3, -0.25) is 18.7 Å². The van der Waals surface area contributed by atoms with E-state index in [0.29, 0.717) is 6.54 Å². The largest absolute Gasteiger partial charge is 0.395 e. The summed E-state index contributed by atoms with van der Waals surface area (Å²) in [5, 5.41) is 8.05. The zero-order chi connectivity index (χ0) is 16.4. The number of rotatable bonds is 12. The van der Waals surface area contributed by atoms with Crippen molar-refractivity contribution in [3.63, 3.8) is 0 Å². The van der Waals surface area contributed by atoms with Gasteiger partial charge in [0.05, 0.1) is 13.0 Å². The third-order valence-corrected chi connectivity index (χ3v) is 5.64. The Kier molecular flexibility index (Phi) is 9.55. The molecule has 0 aromatic carbocycles. The molecule has 1 fully saturated rings. The number of amides is 2. The van der Waals surface area contributed by atoms with Crippen molar-refractivity contribution in [2.45, 2.75) is 70.0 Å². The Morgan fingerprint density at radius 1 is 1.09 bits per heavy atom. The molecule has 2 unspecified atom stereocenters. The van der Waals surface area contributed by atoms with Crippen LogP contribution in [-0.2, 0) is 20.4 Å². The van der Waals surface area contributed by atoms with E-state index in [9.17, 15) is 13.8 Å². The van der Waals surface area contributed by atoms with Crippen molar-refractivity contribution >= 4 is 22.6 Å². The van der Waals surface area contributed by atoms with E-state index in [4.69, 9.17) is 5.11 Å². The highest BCUT2D eigenvalue weighted by Crippen LogP contribution is 2.19. The number of likely N-dealkylation sites (tertiary alicyclic amines) is 1. The molecule has 0 spiro atoms. The maximum atomic E-state index is 12.1. The maximum absolute atomic E-state index is 12.1. The first-order valence-electron chi connectivity index (χ1n) is 8.44. The summed E-state index contributed by atoms with van der Waals surface area (Å²) in [6.45, 7) is 2.42. The summed E-state index contributed by atoms with van der Waals surface area (Å²) < 4.78 is 11.8. The summed E-state index contributed by atoms with van der Waals surface area (Å²) in [5.41, 5.74) is 0. The number of carbonyl (C=O) groups excluding carboxylic acids is 2. The lowest BCUT2D eigenvalue weighted by Crippen LogP contribution is -2.34. The van der Waals surface area contributed by atoms with Gasteiger partial charge in [0.2, 0.25) is 11.8 Å². The smallest absolute Gasteiger partial charge is 0.245 e. The molecule has 128 valence electrons. The van der Waals surface area contributed by atoms with Gasteiger partial charge in [0.1, 0.15) is 5.25 Å². The lowest BCUT2D eigenvalue weighted by molar-refractivity contribution is -0.138. The lowest BCUT2D eigenvalue weighted by atomic mass is 10.1. The van der Waals surface area contributed by atoms with Crippen LogP contribution < -0.4 is 0 Å². The quantitative estimate of drug-likeness (QED) is 0.438. The maximum Gasteiger partial charge on any atom is 0.245 e. The van der Waals surface area contributed by atoms with E-state index in [0.717, 1.165) is 19.3 Å². The van der Waals surface area contributed by atoms with Crippen LogP contribution in [0.1, 0.15) is 64.7 Å². The Labute approximate surface area is 135 Å². The minimum absolute atomic E-state index is 0.0302. The van der Waals surface area contributed by atoms with Gasteiger partial charge in [-0.15, -0.1) is 0 Å². The van der Waals surface area contributed by atoms with Gasteiger partial charge in [-0.1, -0.05) is 51.9 Å². The van der Waals surface area contributed by atoms with Gasteiger partial charge in [-0.05, 0) is 6.42 Å². The summed E-state index contributed by atoms with van der Waals surface area (Å²) in [4.78, 5) is 25.2. The summed E-state index contributed by atoms with van der Waals surface area (Å²) in [6.07, 6.45) is 9.32. The normalized spacial score (nSPS) is 19.9. The van der Waals surface area contributed by atoms with E-state index < -0.39 is 16.0 Å². The van der Waals surface area contributed by atoms with Crippen molar-refractivity contribution in [2.24, 2.45) is 0 Å². The number of aliphatic hydroxyl groups excluding tert-OH is 1. The highest BCUT2D eigenvalue weighted by atomic mass is 32.2. The average Bonchev–Trinajstić information content (AvgIpc) is 2.78. The Morgan fingerprint density at radius 2 is 1.68 bits per heavy atom. The molecule has 0 radical (unpaired) electrons. The molecule has 2 amide bonds. The van der Waals surface area contributed by atoms with Crippen molar-refractivity contribution in [3.8, 4) is 0 Å². The Hall–Kier alpha value is -0.750. The van der Waals surface area contributed by atoms with Crippen molar-refractivity contribution < 1.29 is 18.9 Å². The highest BCUT2D eigenvalue weighted by Gasteiger charge is 2.41. The predicted molar refractivity (Wildman–Crippen MR) is 87.8 cm³/mol. The molecular formula is C16H29NO4S. The molecule has 1 heterocycles. The van der Waals surface area contributed by atoms with E-state index in [2.05, 4.69) is 6.92 Å². The van der Waals surface area contributed by atoms with Crippen LogP contribution in [0.15, 0.2) is 0 Å². The molecule has 1 N–H and O–H groups in total. The van der Waals surface area contributed by atoms with E-state index in [-0.39, 0.29) is 30.6 Å². The van der Waals surface area contributed by atoms with Crippen LogP contribution in [0.5, 0.6) is 0 Å².